The van der Waals surface area contributed by atoms with Crippen LogP contribution in [0.25, 0.3) is 22.3 Å². The number of rotatable bonds is 5. The minimum atomic E-state index is 0.304. The van der Waals surface area contributed by atoms with Crippen LogP contribution in [-0.2, 0) is 6.54 Å². The van der Waals surface area contributed by atoms with E-state index in [0.29, 0.717) is 11.3 Å². The Balaban J connectivity index is 1.28. The van der Waals surface area contributed by atoms with Crippen LogP contribution >= 0.6 is 11.6 Å². The van der Waals surface area contributed by atoms with E-state index in [1.165, 1.54) is 50.8 Å². The van der Waals surface area contributed by atoms with Crippen LogP contribution in [0.4, 0.5) is 0 Å². The normalized spacial score (nSPS) is 22.1. The Morgan fingerprint density at radius 1 is 1.00 bits per heavy atom. The highest BCUT2D eigenvalue weighted by Gasteiger charge is 2.34. The van der Waals surface area contributed by atoms with Gasteiger partial charge in [0.2, 0.25) is 5.28 Å². The lowest BCUT2D eigenvalue weighted by Crippen LogP contribution is -2.32. The minimum absolute atomic E-state index is 0.304. The molecule has 0 radical (unpaired) electrons. The monoisotopic (exact) mass is 474 g/mol. The number of halogens is 1. The van der Waals surface area contributed by atoms with E-state index in [0.717, 1.165) is 40.7 Å². The van der Waals surface area contributed by atoms with Crippen molar-refractivity contribution in [2.24, 2.45) is 11.8 Å². The molecule has 0 bridgehead atoms. The van der Waals surface area contributed by atoms with Crippen LogP contribution in [0.3, 0.4) is 0 Å². The number of aromatic nitrogens is 5. The Morgan fingerprint density at radius 2 is 1.82 bits per heavy atom. The first-order valence-electron chi connectivity index (χ1n) is 12.4. The molecule has 1 aromatic carbocycles. The van der Waals surface area contributed by atoms with E-state index in [9.17, 15) is 0 Å². The summed E-state index contributed by atoms with van der Waals surface area (Å²) in [5.41, 5.74) is 4.21. The van der Waals surface area contributed by atoms with Crippen molar-refractivity contribution in [3.8, 4) is 11.3 Å². The molecular formula is C27H31ClN6. The van der Waals surface area contributed by atoms with Crippen molar-refractivity contribution >= 4 is 22.6 Å². The van der Waals surface area contributed by atoms with E-state index in [1.807, 2.05) is 23.1 Å². The van der Waals surface area contributed by atoms with Gasteiger partial charge in [0, 0.05) is 35.6 Å². The number of benzene rings is 1. The molecule has 34 heavy (non-hydrogen) atoms. The average Bonchev–Trinajstić information content (AvgIpc) is 3.59. The summed E-state index contributed by atoms with van der Waals surface area (Å²) in [6.45, 7) is 3.22. The molecule has 2 atom stereocenters. The number of fused-ring (bicyclic) bond motifs is 1. The molecule has 0 N–H and O–H groups in total. The van der Waals surface area contributed by atoms with Gasteiger partial charge in [-0.2, -0.15) is 10.1 Å². The number of likely N-dealkylation sites (tertiary alicyclic amines) is 1. The third-order valence-corrected chi connectivity index (χ3v) is 8.10. The van der Waals surface area contributed by atoms with Crippen molar-refractivity contribution in [2.45, 2.75) is 44.7 Å². The van der Waals surface area contributed by atoms with Crippen molar-refractivity contribution in [1.29, 1.82) is 0 Å². The van der Waals surface area contributed by atoms with Gasteiger partial charge in [-0.25, -0.2) is 4.98 Å². The quantitative estimate of drug-likeness (QED) is 0.349. The molecule has 0 spiro atoms. The van der Waals surface area contributed by atoms with Gasteiger partial charge in [0.05, 0.1) is 12.2 Å². The Labute approximate surface area is 205 Å². The van der Waals surface area contributed by atoms with Crippen molar-refractivity contribution in [1.82, 2.24) is 29.2 Å². The number of nitrogens with zero attached hydrogens (tertiary/aromatic N) is 6. The smallest absolute Gasteiger partial charge is 0.224 e. The Hall–Kier alpha value is -2.70. The highest BCUT2D eigenvalue weighted by Crippen LogP contribution is 2.44. The second kappa shape index (κ2) is 9.16. The summed E-state index contributed by atoms with van der Waals surface area (Å²) < 4.78 is 4.36. The second-order valence-electron chi connectivity index (χ2n) is 10.1. The number of hydrogen-bond donors (Lipinski definition) is 0. The fraction of sp³-hybridized carbons (Fsp3) is 0.444. The molecule has 2 aliphatic rings. The maximum atomic E-state index is 6.25. The first-order valence-corrected chi connectivity index (χ1v) is 12.8. The summed E-state index contributed by atoms with van der Waals surface area (Å²) in [7, 11) is 2.24. The molecule has 1 saturated heterocycles. The molecule has 7 heteroatoms. The highest BCUT2D eigenvalue weighted by molar-refractivity contribution is 6.28. The van der Waals surface area contributed by atoms with Crippen LogP contribution in [0.2, 0.25) is 5.28 Å². The largest absolute Gasteiger partial charge is 0.329 e. The van der Waals surface area contributed by atoms with Crippen LogP contribution in [0.5, 0.6) is 0 Å². The highest BCUT2D eigenvalue weighted by atomic mass is 35.5. The Kier molecular flexibility index (Phi) is 5.87. The van der Waals surface area contributed by atoms with Crippen LogP contribution in [0, 0.1) is 11.8 Å². The molecule has 0 amide bonds. The summed E-state index contributed by atoms with van der Waals surface area (Å²) in [5, 5.41) is 6.22. The van der Waals surface area contributed by atoms with Gasteiger partial charge in [0.15, 0.2) is 0 Å². The Bertz CT molecular complexity index is 1270. The van der Waals surface area contributed by atoms with Crippen LogP contribution < -0.4 is 0 Å². The van der Waals surface area contributed by atoms with E-state index >= 15 is 0 Å². The molecule has 4 aromatic rings. The van der Waals surface area contributed by atoms with Crippen LogP contribution in [-0.4, -0.2) is 49.4 Å². The maximum absolute atomic E-state index is 6.25. The van der Waals surface area contributed by atoms with Gasteiger partial charge < -0.3 is 9.47 Å². The number of piperidine rings is 1. The summed E-state index contributed by atoms with van der Waals surface area (Å²) in [6, 6.07) is 13.0. The summed E-state index contributed by atoms with van der Waals surface area (Å²) in [6.07, 6.45) is 12.5. The van der Waals surface area contributed by atoms with E-state index < -0.39 is 0 Å². The van der Waals surface area contributed by atoms with Gasteiger partial charge in [-0.15, -0.1) is 0 Å². The second-order valence-corrected chi connectivity index (χ2v) is 10.4. The standard InChI is InChI=1S/C27H31ClN6/c1-32-12-9-20(10-13-32)21-7-8-22(15-21)34-18-24(23-16-29-27(28)30-26(23)34)25-11-14-33(31-25)17-19-5-3-2-4-6-19/h2-6,11,14,16,18,20-22H,7-10,12-13,15,17H2,1H3. The average molecular weight is 475 g/mol. The topological polar surface area (TPSA) is 51.8 Å². The summed E-state index contributed by atoms with van der Waals surface area (Å²) in [5.74, 6) is 1.66. The van der Waals surface area contributed by atoms with Crippen LogP contribution in [0.15, 0.2) is 55.0 Å². The van der Waals surface area contributed by atoms with Gasteiger partial charge >= 0.3 is 0 Å². The molecule has 3 aromatic heterocycles. The third-order valence-electron chi connectivity index (χ3n) is 7.91. The van der Waals surface area contributed by atoms with Gasteiger partial charge in [-0.05, 0) is 87.3 Å². The first-order chi connectivity index (χ1) is 16.6. The molecule has 176 valence electrons. The van der Waals surface area contributed by atoms with E-state index in [2.05, 4.69) is 63.0 Å². The first kappa shape index (κ1) is 21.8. The zero-order valence-corrected chi connectivity index (χ0v) is 20.4. The lowest BCUT2D eigenvalue weighted by Gasteiger charge is -2.32. The van der Waals surface area contributed by atoms with Crippen molar-refractivity contribution in [3.05, 3.63) is 65.8 Å². The van der Waals surface area contributed by atoms with Gasteiger partial charge in [0.25, 0.3) is 0 Å². The molecule has 2 unspecified atom stereocenters. The fourth-order valence-electron chi connectivity index (χ4n) is 6.03. The zero-order chi connectivity index (χ0) is 23.1. The summed E-state index contributed by atoms with van der Waals surface area (Å²) in [4.78, 5) is 11.4. The van der Waals surface area contributed by atoms with Crippen molar-refractivity contribution in [3.63, 3.8) is 0 Å². The van der Waals surface area contributed by atoms with Crippen LogP contribution in [0.1, 0.15) is 43.7 Å². The maximum Gasteiger partial charge on any atom is 0.224 e. The number of hydrogen-bond acceptors (Lipinski definition) is 4. The van der Waals surface area contributed by atoms with E-state index in [-0.39, 0.29) is 0 Å². The molecule has 2 fully saturated rings. The zero-order valence-electron chi connectivity index (χ0n) is 19.6. The molecule has 1 aliphatic heterocycles. The third kappa shape index (κ3) is 4.25. The molecule has 1 saturated carbocycles. The Morgan fingerprint density at radius 3 is 2.65 bits per heavy atom. The van der Waals surface area contributed by atoms with Gasteiger partial charge in [-0.1, -0.05) is 30.3 Å². The predicted molar refractivity (Wildman–Crippen MR) is 136 cm³/mol. The van der Waals surface area contributed by atoms with Gasteiger partial charge in [0.1, 0.15) is 5.65 Å². The van der Waals surface area contributed by atoms with Crippen molar-refractivity contribution in [2.75, 3.05) is 20.1 Å². The van der Waals surface area contributed by atoms with E-state index in [1.54, 1.807) is 0 Å². The summed E-state index contributed by atoms with van der Waals surface area (Å²) >= 11 is 6.25. The molecule has 6 rings (SSSR count). The van der Waals surface area contributed by atoms with E-state index in [4.69, 9.17) is 16.7 Å². The molecule has 6 nitrogen and oxygen atoms in total. The SMILES string of the molecule is CN1CCC(C2CCC(n3cc(-c4ccn(Cc5ccccc5)n4)c4cnc(Cl)nc43)C2)CC1. The van der Waals surface area contributed by atoms with Crippen molar-refractivity contribution < 1.29 is 0 Å². The minimum Gasteiger partial charge on any atom is -0.329 e. The predicted octanol–water partition coefficient (Wildman–Crippen LogP) is 5.68. The molecule has 4 heterocycles. The molecule has 1 aliphatic carbocycles. The van der Waals surface area contributed by atoms with Gasteiger partial charge in [-0.3, -0.25) is 4.68 Å². The lowest BCUT2D eigenvalue weighted by molar-refractivity contribution is 0.170. The molecular weight excluding hydrogens is 444 g/mol. The lowest BCUT2D eigenvalue weighted by atomic mass is 9.83. The fourth-order valence-corrected chi connectivity index (χ4v) is 6.16.